The maximum absolute atomic E-state index is 10.9. The van der Waals surface area contributed by atoms with E-state index in [2.05, 4.69) is 4.74 Å². The lowest BCUT2D eigenvalue weighted by atomic mass is 9.89. The van der Waals surface area contributed by atoms with Crippen LogP contribution in [0.5, 0.6) is 0 Å². The molecule has 0 fully saturated rings. The quantitative estimate of drug-likeness (QED) is 0.660. The number of hydrogen-bond donors (Lipinski definition) is 1. The predicted molar refractivity (Wildman–Crippen MR) is 47.2 cm³/mol. The third-order valence-corrected chi connectivity index (χ3v) is 2.04. The first-order valence-corrected chi connectivity index (χ1v) is 4.26. The Balaban J connectivity index is 4.09. The van der Waals surface area contributed by atoms with E-state index in [1.54, 1.807) is 0 Å². The zero-order valence-corrected chi connectivity index (χ0v) is 8.24. The van der Waals surface area contributed by atoms with E-state index in [0.717, 1.165) is 0 Å². The molecule has 76 valence electrons. The molecule has 0 saturated heterocycles. The van der Waals surface area contributed by atoms with Crippen LogP contribution in [-0.2, 0) is 14.3 Å². The van der Waals surface area contributed by atoms with Crippen molar-refractivity contribution in [2.75, 3.05) is 7.11 Å². The molecule has 0 rings (SSSR count). The lowest BCUT2D eigenvalue weighted by Crippen LogP contribution is -2.18. The molecule has 0 aromatic rings. The molecule has 4 heteroatoms. The summed E-state index contributed by atoms with van der Waals surface area (Å²) in [5.41, 5.74) is 0. The Morgan fingerprint density at radius 3 is 2.15 bits per heavy atom. The second-order valence-corrected chi connectivity index (χ2v) is 3.38. The van der Waals surface area contributed by atoms with E-state index < -0.39 is 5.97 Å². The molecule has 4 nitrogen and oxygen atoms in total. The van der Waals surface area contributed by atoms with E-state index in [1.807, 2.05) is 13.8 Å². The minimum Gasteiger partial charge on any atom is -0.481 e. The van der Waals surface area contributed by atoms with Crippen LogP contribution in [0.1, 0.15) is 26.7 Å². The van der Waals surface area contributed by atoms with Gasteiger partial charge in [-0.15, -0.1) is 0 Å². The fraction of sp³-hybridized carbons (Fsp3) is 0.778. The SMILES string of the molecule is COC(=O)C[C@H](CC(=O)O)C(C)C. The summed E-state index contributed by atoms with van der Waals surface area (Å²) in [6, 6.07) is 0. The molecular weight excluding hydrogens is 172 g/mol. The summed E-state index contributed by atoms with van der Waals surface area (Å²) < 4.78 is 4.48. The molecule has 0 heterocycles. The zero-order chi connectivity index (χ0) is 10.4. The molecule has 0 aromatic heterocycles. The summed E-state index contributed by atoms with van der Waals surface area (Å²) in [5, 5.41) is 8.57. The van der Waals surface area contributed by atoms with Gasteiger partial charge in [0.1, 0.15) is 0 Å². The fourth-order valence-corrected chi connectivity index (χ4v) is 1.07. The Hall–Kier alpha value is -1.06. The van der Waals surface area contributed by atoms with Gasteiger partial charge in [-0.3, -0.25) is 9.59 Å². The second-order valence-electron chi connectivity index (χ2n) is 3.38. The van der Waals surface area contributed by atoms with Gasteiger partial charge < -0.3 is 9.84 Å². The Kier molecular flexibility index (Phi) is 5.11. The standard InChI is InChI=1S/C9H16O4/c1-6(2)7(4-8(10)11)5-9(12)13-3/h6-7H,4-5H2,1-3H3,(H,10,11)/t7-/m0/s1. The van der Waals surface area contributed by atoms with Gasteiger partial charge in [0.15, 0.2) is 0 Å². The molecule has 0 aliphatic carbocycles. The molecule has 13 heavy (non-hydrogen) atoms. The number of carboxylic acids is 1. The number of methoxy groups -OCH3 is 1. The average molecular weight is 188 g/mol. The summed E-state index contributed by atoms with van der Waals surface area (Å²) in [7, 11) is 1.31. The molecule has 0 aliphatic heterocycles. The maximum Gasteiger partial charge on any atom is 0.305 e. The number of ether oxygens (including phenoxy) is 1. The Morgan fingerprint density at radius 1 is 1.31 bits per heavy atom. The van der Waals surface area contributed by atoms with E-state index in [9.17, 15) is 9.59 Å². The highest BCUT2D eigenvalue weighted by molar-refractivity contribution is 5.72. The monoisotopic (exact) mass is 188 g/mol. The van der Waals surface area contributed by atoms with Crippen LogP contribution in [0.15, 0.2) is 0 Å². The van der Waals surface area contributed by atoms with Crippen molar-refractivity contribution in [2.45, 2.75) is 26.7 Å². The smallest absolute Gasteiger partial charge is 0.305 e. The number of aliphatic carboxylic acids is 1. The van der Waals surface area contributed by atoms with Crippen molar-refractivity contribution in [2.24, 2.45) is 11.8 Å². The molecule has 0 spiro atoms. The lowest BCUT2D eigenvalue weighted by molar-refractivity contribution is -0.143. The average Bonchev–Trinajstić information content (AvgIpc) is 2.02. The van der Waals surface area contributed by atoms with Crippen molar-refractivity contribution >= 4 is 11.9 Å². The van der Waals surface area contributed by atoms with Gasteiger partial charge in [0.25, 0.3) is 0 Å². The lowest BCUT2D eigenvalue weighted by Gasteiger charge is -2.16. The first-order valence-electron chi connectivity index (χ1n) is 4.26. The summed E-state index contributed by atoms with van der Waals surface area (Å²) in [5.74, 6) is -1.18. The van der Waals surface area contributed by atoms with Gasteiger partial charge in [0.2, 0.25) is 0 Å². The van der Waals surface area contributed by atoms with E-state index >= 15 is 0 Å². The van der Waals surface area contributed by atoms with E-state index in [1.165, 1.54) is 7.11 Å². The van der Waals surface area contributed by atoms with Crippen LogP contribution in [0.4, 0.5) is 0 Å². The molecule has 0 unspecified atom stereocenters. The Labute approximate surface area is 77.9 Å². The number of rotatable bonds is 5. The third-order valence-electron chi connectivity index (χ3n) is 2.04. The van der Waals surface area contributed by atoms with Crippen molar-refractivity contribution in [3.63, 3.8) is 0 Å². The second kappa shape index (κ2) is 5.56. The molecule has 0 radical (unpaired) electrons. The molecule has 0 amide bonds. The molecule has 1 atom stereocenters. The number of carbonyl (C=O) groups is 2. The summed E-state index contributed by atoms with van der Waals surface area (Å²) in [6.45, 7) is 3.80. The van der Waals surface area contributed by atoms with Crippen LogP contribution < -0.4 is 0 Å². The summed E-state index contributed by atoms with van der Waals surface area (Å²) in [6.07, 6.45) is 0.202. The molecule has 0 saturated carbocycles. The number of carboxylic acid groups (broad SMARTS) is 1. The molecule has 1 N–H and O–H groups in total. The van der Waals surface area contributed by atoms with Crippen molar-refractivity contribution < 1.29 is 19.4 Å². The van der Waals surface area contributed by atoms with Crippen LogP contribution in [0.2, 0.25) is 0 Å². The summed E-state index contributed by atoms with van der Waals surface area (Å²) in [4.78, 5) is 21.3. The number of esters is 1. The molecule has 0 bridgehead atoms. The van der Waals surface area contributed by atoms with Crippen molar-refractivity contribution in [1.29, 1.82) is 0 Å². The van der Waals surface area contributed by atoms with Gasteiger partial charge in [0.05, 0.1) is 7.11 Å². The molecule has 0 aliphatic rings. The first kappa shape index (κ1) is 11.9. The Morgan fingerprint density at radius 2 is 1.85 bits per heavy atom. The normalized spacial score (nSPS) is 12.6. The van der Waals surface area contributed by atoms with E-state index in [0.29, 0.717) is 0 Å². The van der Waals surface area contributed by atoms with Gasteiger partial charge in [0, 0.05) is 12.8 Å². The topological polar surface area (TPSA) is 63.6 Å². The van der Waals surface area contributed by atoms with Gasteiger partial charge in [-0.25, -0.2) is 0 Å². The molecule has 0 aromatic carbocycles. The van der Waals surface area contributed by atoms with Crippen LogP contribution in [0.25, 0.3) is 0 Å². The largest absolute Gasteiger partial charge is 0.481 e. The first-order chi connectivity index (χ1) is 5.97. The minimum absolute atomic E-state index is 0.0206. The van der Waals surface area contributed by atoms with Gasteiger partial charge in [-0.2, -0.15) is 0 Å². The van der Waals surface area contributed by atoms with Crippen molar-refractivity contribution in [3.05, 3.63) is 0 Å². The van der Waals surface area contributed by atoms with Gasteiger partial charge >= 0.3 is 11.9 Å². The van der Waals surface area contributed by atoms with Gasteiger partial charge in [-0.05, 0) is 11.8 Å². The minimum atomic E-state index is -0.873. The third kappa shape index (κ3) is 5.22. The van der Waals surface area contributed by atoms with Gasteiger partial charge in [-0.1, -0.05) is 13.8 Å². The van der Waals surface area contributed by atoms with E-state index in [-0.39, 0.29) is 30.6 Å². The van der Waals surface area contributed by atoms with Crippen LogP contribution in [0, 0.1) is 11.8 Å². The van der Waals surface area contributed by atoms with Crippen molar-refractivity contribution in [3.8, 4) is 0 Å². The number of hydrogen-bond acceptors (Lipinski definition) is 3. The van der Waals surface area contributed by atoms with E-state index in [4.69, 9.17) is 5.11 Å². The summed E-state index contributed by atoms with van der Waals surface area (Å²) >= 11 is 0. The fourth-order valence-electron chi connectivity index (χ4n) is 1.07. The van der Waals surface area contributed by atoms with Crippen molar-refractivity contribution in [1.82, 2.24) is 0 Å². The highest BCUT2D eigenvalue weighted by Crippen LogP contribution is 2.19. The predicted octanol–water partition coefficient (Wildman–Crippen LogP) is 1.30. The van der Waals surface area contributed by atoms with Crippen LogP contribution in [-0.4, -0.2) is 24.2 Å². The molecular formula is C9H16O4. The number of carbonyl (C=O) groups excluding carboxylic acids is 1. The van der Waals surface area contributed by atoms with Crippen LogP contribution in [0.3, 0.4) is 0 Å². The Bertz CT molecular complexity index is 186. The highest BCUT2D eigenvalue weighted by atomic mass is 16.5. The van der Waals surface area contributed by atoms with Crippen LogP contribution >= 0.6 is 0 Å². The maximum atomic E-state index is 10.9. The zero-order valence-electron chi connectivity index (χ0n) is 8.24. The highest BCUT2D eigenvalue weighted by Gasteiger charge is 2.20.